The van der Waals surface area contributed by atoms with Gasteiger partial charge in [-0.1, -0.05) is 44.2 Å². The van der Waals surface area contributed by atoms with Crippen LogP contribution in [0.5, 0.6) is 0 Å². The van der Waals surface area contributed by atoms with E-state index in [0.717, 1.165) is 18.4 Å². The van der Waals surface area contributed by atoms with E-state index in [2.05, 4.69) is 13.8 Å². The number of nitrogens with two attached hydrogens (primary N) is 1. The van der Waals surface area contributed by atoms with Gasteiger partial charge in [0.1, 0.15) is 0 Å². The summed E-state index contributed by atoms with van der Waals surface area (Å²) in [5.74, 6) is 0.160. The highest BCUT2D eigenvalue weighted by atomic mass is 16.2. The minimum absolute atomic E-state index is 0.00736. The average Bonchev–Trinajstić information content (AvgIpc) is 2.67. The lowest BCUT2D eigenvalue weighted by molar-refractivity contribution is -0.136. The van der Waals surface area contributed by atoms with Gasteiger partial charge >= 0.3 is 6.03 Å². The van der Waals surface area contributed by atoms with Gasteiger partial charge in [-0.2, -0.15) is 0 Å². The van der Waals surface area contributed by atoms with E-state index < -0.39 is 0 Å². The molecule has 0 atom stereocenters. The van der Waals surface area contributed by atoms with Gasteiger partial charge in [0, 0.05) is 46.2 Å². The third-order valence-electron chi connectivity index (χ3n) is 5.30. The van der Waals surface area contributed by atoms with Crippen LogP contribution in [0.4, 0.5) is 4.79 Å². The van der Waals surface area contributed by atoms with E-state index in [9.17, 15) is 9.59 Å². The summed E-state index contributed by atoms with van der Waals surface area (Å²) in [6, 6.07) is 10.0. The fourth-order valence-corrected chi connectivity index (χ4v) is 3.58. The van der Waals surface area contributed by atoms with Crippen LogP contribution >= 0.6 is 0 Å². The maximum atomic E-state index is 12.7. The molecule has 0 aromatic heterocycles. The van der Waals surface area contributed by atoms with Crippen molar-refractivity contribution in [2.75, 3.05) is 40.3 Å². The number of likely N-dealkylation sites (tertiary alicyclic amines) is 1. The van der Waals surface area contributed by atoms with Crippen molar-refractivity contribution < 1.29 is 9.59 Å². The lowest BCUT2D eigenvalue weighted by Crippen LogP contribution is -2.48. The lowest BCUT2D eigenvalue weighted by Gasteiger charge is -2.36. The minimum atomic E-state index is -0.0821. The topological polar surface area (TPSA) is 69.9 Å². The SMILES string of the molecule is CN(CC(C)(C)CN)C(=O)C1CCN(C(=O)N(C)Cc2ccccc2)CC1. The second kappa shape index (κ2) is 9.22. The molecule has 0 unspecified atom stereocenters. The van der Waals surface area contributed by atoms with Crippen molar-refractivity contribution in [2.24, 2.45) is 17.1 Å². The Morgan fingerprint density at radius 3 is 2.26 bits per heavy atom. The van der Waals surface area contributed by atoms with Crippen molar-refractivity contribution in [3.63, 3.8) is 0 Å². The van der Waals surface area contributed by atoms with Gasteiger partial charge in [-0.3, -0.25) is 4.79 Å². The second-order valence-corrected chi connectivity index (χ2v) is 8.45. The molecule has 27 heavy (non-hydrogen) atoms. The molecule has 1 saturated heterocycles. The Labute approximate surface area is 163 Å². The molecule has 1 heterocycles. The minimum Gasteiger partial charge on any atom is -0.345 e. The maximum absolute atomic E-state index is 12.7. The zero-order valence-corrected chi connectivity index (χ0v) is 17.1. The first-order chi connectivity index (χ1) is 12.7. The van der Waals surface area contributed by atoms with Crippen molar-refractivity contribution in [1.82, 2.24) is 14.7 Å². The van der Waals surface area contributed by atoms with Crippen LogP contribution in [0.2, 0.25) is 0 Å². The molecule has 1 aliphatic heterocycles. The molecule has 0 saturated carbocycles. The normalized spacial score (nSPS) is 15.5. The molecular weight excluding hydrogens is 340 g/mol. The molecule has 1 aromatic rings. The maximum Gasteiger partial charge on any atom is 0.320 e. The van der Waals surface area contributed by atoms with Crippen LogP contribution in [-0.4, -0.2) is 66.9 Å². The Kier molecular flexibility index (Phi) is 7.25. The number of hydrogen-bond donors (Lipinski definition) is 1. The van der Waals surface area contributed by atoms with Crippen molar-refractivity contribution in [2.45, 2.75) is 33.2 Å². The highest BCUT2D eigenvalue weighted by Gasteiger charge is 2.31. The summed E-state index contributed by atoms with van der Waals surface area (Å²) in [6.45, 7) is 7.19. The number of carbonyl (C=O) groups excluding carboxylic acids is 2. The predicted molar refractivity (Wildman–Crippen MR) is 108 cm³/mol. The fraction of sp³-hybridized carbons (Fsp3) is 0.619. The summed E-state index contributed by atoms with van der Waals surface area (Å²) < 4.78 is 0. The third kappa shape index (κ3) is 5.96. The molecule has 0 radical (unpaired) electrons. The van der Waals surface area contributed by atoms with Crippen molar-refractivity contribution in [3.05, 3.63) is 35.9 Å². The van der Waals surface area contributed by atoms with Crippen molar-refractivity contribution >= 4 is 11.9 Å². The number of benzene rings is 1. The number of amides is 3. The summed E-state index contributed by atoms with van der Waals surface area (Å²) in [7, 11) is 3.68. The van der Waals surface area contributed by atoms with Crippen molar-refractivity contribution in [1.29, 1.82) is 0 Å². The molecule has 1 aromatic carbocycles. The van der Waals surface area contributed by atoms with E-state index in [4.69, 9.17) is 5.73 Å². The molecule has 6 nitrogen and oxygen atoms in total. The van der Waals surface area contributed by atoms with Crippen LogP contribution in [0.1, 0.15) is 32.3 Å². The first-order valence-electron chi connectivity index (χ1n) is 9.72. The standard InChI is InChI=1S/C21H34N4O2/c1-21(2,15-22)16-24(4)19(26)18-10-12-25(13-11-18)20(27)23(3)14-17-8-6-5-7-9-17/h5-9,18H,10-16,22H2,1-4H3. The van der Waals surface area contributed by atoms with Crippen LogP contribution in [0.25, 0.3) is 0 Å². The molecule has 0 bridgehead atoms. The highest BCUT2D eigenvalue weighted by molar-refractivity contribution is 5.79. The van der Waals surface area contributed by atoms with Gasteiger partial charge in [-0.25, -0.2) is 4.79 Å². The largest absolute Gasteiger partial charge is 0.345 e. The summed E-state index contributed by atoms with van der Waals surface area (Å²) in [6.07, 6.45) is 1.44. The summed E-state index contributed by atoms with van der Waals surface area (Å²) >= 11 is 0. The van der Waals surface area contributed by atoms with E-state index in [-0.39, 0.29) is 23.3 Å². The third-order valence-corrected chi connectivity index (χ3v) is 5.30. The quantitative estimate of drug-likeness (QED) is 0.831. The number of rotatable bonds is 6. The first-order valence-corrected chi connectivity index (χ1v) is 9.72. The number of nitrogens with zero attached hydrogens (tertiary/aromatic N) is 3. The van der Waals surface area contributed by atoms with Gasteiger partial charge in [-0.15, -0.1) is 0 Å². The van der Waals surface area contributed by atoms with Gasteiger partial charge in [0.05, 0.1) is 0 Å². The first kappa shape index (κ1) is 21.2. The average molecular weight is 375 g/mol. The number of piperidine rings is 1. The summed E-state index contributed by atoms with van der Waals surface area (Å²) in [5, 5.41) is 0. The number of urea groups is 1. The molecule has 2 N–H and O–H groups in total. The molecule has 1 fully saturated rings. The van der Waals surface area contributed by atoms with Gasteiger partial charge in [0.2, 0.25) is 5.91 Å². The molecule has 150 valence electrons. The monoisotopic (exact) mass is 374 g/mol. The van der Waals surface area contributed by atoms with E-state index in [1.807, 2.05) is 49.3 Å². The van der Waals surface area contributed by atoms with Gasteiger partial charge in [-0.05, 0) is 30.4 Å². The van der Waals surface area contributed by atoms with E-state index in [1.54, 1.807) is 9.80 Å². The molecular formula is C21H34N4O2. The summed E-state index contributed by atoms with van der Waals surface area (Å²) in [4.78, 5) is 30.8. The second-order valence-electron chi connectivity index (χ2n) is 8.45. The number of carbonyl (C=O) groups is 2. The lowest BCUT2D eigenvalue weighted by atomic mass is 9.91. The van der Waals surface area contributed by atoms with E-state index in [0.29, 0.717) is 32.7 Å². The molecule has 1 aliphatic rings. The Morgan fingerprint density at radius 2 is 1.70 bits per heavy atom. The van der Waals surface area contributed by atoms with Crippen LogP contribution in [0.15, 0.2) is 30.3 Å². The Morgan fingerprint density at radius 1 is 1.11 bits per heavy atom. The van der Waals surface area contributed by atoms with Crippen LogP contribution in [0.3, 0.4) is 0 Å². The Balaban J connectivity index is 1.83. The van der Waals surface area contributed by atoms with E-state index >= 15 is 0 Å². The Hall–Kier alpha value is -2.08. The fourth-order valence-electron chi connectivity index (χ4n) is 3.58. The van der Waals surface area contributed by atoms with Crippen LogP contribution in [-0.2, 0) is 11.3 Å². The number of hydrogen-bond acceptors (Lipinski definition) is 3. The molecule has 0 spiro atoms. The molecule has 3 amide bonds. The summed E-state index contributed by atoms with van der Waals surface area (Å²) in [5.41, 5.74) is 6.81. The van der Waals surface area contributed by atoms with Crippen LogP contribution in [0, 0.1) is 11.3 Å². The highest BCUT2D eigenvalue weighted by Crippen LogP contribution is 2.22. The molecule has 0 aliphatic carbocycles. The van der Waals surface area contributed by atoms with Crippen LogP contribution < -0.4 is 5.73 Å². The zero-order chi connectivity index (χ0) is 20.0. The molecule has 2 rings (SSSR count). The zero-order valence-electron chi connectivity index (χ0n) is 17.1. The Bertz CT molecular complexity index is 624. The molecule has 6 heteroatoms. The van der Waals surface area contributed by atoms with Gasteiger partial charge in [0.15, 0.2) is 0 Å². The van der Waals surface area contributed by atoms with Crippen molar-refractivity contribution in [3.8, 4) is 0 Å². The predicted octanol–water partition coefficient (Wildman–Crippen LogP) is 2.39. The smallest absolute Gasteiger partial charge is 0.320 e. The van der Waals surface area contributed by atoms with E-state index in [1.165, 1.54) is 0 Å². The van der Waals surface area contributed by atoms with Gasteiger partial charge in [0.25, 0.3) is 0 Å². The van der Waals surface area contributed by atoms with Gasteiger partial charge < -0.3 is 20.4 Å².